The molecule has 3 aromatic heterocycles. The number of nitrogens with zero attached hydrogens (tertiary/aromatic N) is 6. The van der Waals surface area contributed by atoms with Gasteiger partial charge in [-0.3, -0.25) is 0 Å². The van der Waals surface area contributed by atoms with E-state index in [0.29, 0.717) is 12.4 Å². The topological polar surface area (TPSA) is 68.4 Å². The van der Waals surface area contributed by atoms with E-state index in [2.05, 4.69) is 37.9 Å². The quantitative estimate of drug-likeness (QED) is 0.733. The predicted octanol–water partition coefficient (Wildman–Crippen LogP) is 1.72. The lowest BCUT2D eigenvalue weighted by molar-refractivity contribution is 0.0392. The van der Waals surface area contributed by atoms with Gasteiger partial charge in [-0.05, 0) is 6.42 Å². The standard InChI is InChI=1S/C14H16N6OS/c1-2-10-7-12(20-14(18-10)16-9-17-20)19-4-5-21-11(8-19)13-15-3-6-22-13/h3,6-7,9,11H,2,4-5,8H2,1H3. The fourth-order valence-electron chi connectivity index (χ4n) is 2.65. The average Bonchev–Trinajstić information content (AvgIpc) is 3.25. The van der Waals surface area contributed by atoms with Gasteiger partial charge in [-0.15, -0.1) is 11.3 Å². The number of hydrogen-bond donors (Lipinski definition) is 0. The van der Waals surface area contributed by atoms with E-state index in [1.165, 1.54) is 0 Å². The van der Waals surface area contributed by atoms with Crippen molar-refractivity contribution in [2.45, 2.75) is 19.4 Å². The largest absolute Gasteiger partial charge is 0.367 e. The summed E-state index contributed by atoms with van der Waals surface area (Å²) in [5.74, 6) is 1.66. The summed E-state index contributed by atoms with van der Waals surface area (Å²) >= 11 is 1.63. The highest BCUT2D eigenvalue weighted by atomic mass is 32.1. The first-order valence-corrected chi connectivity index (χ1v) is 8.18. The van der Waals surface area contributed by atoms with Crippen LogP contribution in [0, 0.1) is 0 Å². The first-order valence-electron chi connectivity index (χ1n) is 7.30. The number of fused-ring (bicyclic) bond motifs is 1. The molecule has 0 amide bonds. The molecule has 0 aliphatic carbocycles. The van der Waals surface area contributed by atoms with E-state index in [1.807, 2.05) is 11.6 Å². The number of rotatable bonds is 3. The lowest BCUT2D eigenvalue weighted by Gasteiger charge is -2.33. The number of morpholine rings is 1. The summed E-state index contributed by atoms with van der Waals surface area (Å²) in [5, 5.41) is 7.30. The van der Waals surface area contributed by atoms with Crippen LogP contribution in [-0.4, -0.2) is 44.3 Å². The Hall–Kier alpha value is -2.06. The van der Waals surface area contributed by atoms with Gasteiger partial charge in [0.15, 0.2) is 0 Å². The summed E-state index contributed by atoms with van der Waals surface area (Å²) in [6.07, 6.45) is 4.24. The Morgan fingerprint density at radius 1 is 1.41 bits per heavy atom. The van der Waals surface area contributed by atoms with Gasteiger partial charge in [0.2, 0.25) is 0 Å². The van der Waals surface area contributed by atoms with Crippen molar-refractivity contribution in [3.8, 4) is 0 Å². The van der Waals surface area contributed by atoms with Crippen molar-refractivity contribution in [2.75, 3.05) is 24.6 Å². The summed E-state index contributed by atoms with van der Waals surface area (Å²) in [5.41, 5.74) is 1.02. The van der Waals surface area contributed by atoms with Crippen molar-refractivity contribution in [1.29, 1.82) is 0 Å². The Morgan fingerprint density at radius 3 is 3.18 bits per heavy atom. The van der Waals surface area contributed by atoms with Crippen molar-refractivity contribution in [2.24, 2.45) is 0 Å². The summed E-state index contributed by atoms with van der Waals surface area (Å²) in [7, 11) is 0. The number of aromatic nitrogens is 5. The lowest BCUT2D eigenvalue weighted by Crippen LogP contribution is -2.39. The fraction of sp³-hybridized carbons (Fsp3) is 0.429. The molecule has 22 heavy (non-hydrogen) atoms. The monoisotopic (exact) mass is 316 g/mol. The van der Waals surface area contributed by atoms with Crippen molar-refractivity contribution in [1.82, 2.24) is 24.6 Å². The molecule has 3 aromatic rings. The maximum Gasteiger partial charge on any atom is 0.254 e. The maximum absolute atomic E-state index is 5.87. The molecule has 1 unspecified atom stereocenters. The Balaban J connectivity index is 1.70. The van der Waals surface area contributed by atoms with Gasteiger partial charge in [0, 0.05) is 29.9 Å². The highest BCUT2D eigenvalue weighted by molar-refractivity contribution is 7.09. The summed E-state index contributed by atoms with van der Waals surface area (Å²) in [4.78, 5) is 15.4. The van der Waals surface area contributed by atoms with Crippen LogP contribution >= 0.6 is 11.3 Å². The van der Waals surface area contributed by atoms with Crippen LogP contribution in [0.2, 0.25) is 0 Å². The smallest absolute Gasteiger partial charge is 0.254 e. The average molecular weight is 316 g/mol. The number of aryl methyl sites for hydroxylation is 1. The number of thiazole rings is 1. The molecule has 0 spiro atoms. The van der Waals surface area contributed by atoms with Gasteiger partial charge in [0.1, 0.15) is 23.3 Å². The number of hydrogen-bond acceptors (Lipinski definition) is 7. The second-order valence-electron chi connectivity index (χ2n) is 5.11. The van der Waals surface area contributed by atoms with E-state index in [-0.39, 0.29) is 6.10 Å². The van der Waals surface area contributed by atoms with Crippen LogP contribution < -0.4 is 4.90 Å². The van der Waals surface area contributed by atoms with Crippen LogP contribution in [-0.2, 0) is 11.2 Å². The molecular formula is C14H16N6OS. The van der Waals surface area contributed by atoms with E-state index >= 15 is 0 Å². The van der Waals surface area contributed by atoms with Crippen molar-refractivity contribution in [3.63, 3.8) is 0 Å². The summed E-state index contributed by atoms with van der Waals surface area (Å²) in [6, 6.07) is 2.09. The van der Waals surface area contributed by atoms with Crippen LogP contribution in [0.1, 0.15) is 23.7 Å². The van der Waals surface area contributed by atoms with Gasteiger partial charge in [-0.25, -0.2) is 9.97 Å². The van der Waals surface area contributed by atoms with E-state index in [4.69, 9.17) is 4.74 Å². The first kappa shape index (κ1) is 13.6. The molecule has 1 aliphatic rings. The van der Waals surface area contributed by atoms with E-state index in [0.717, 1.165) is 36.0 Å². The van der Waals surface area contributed by atoms with E-state index in [1.54, 1.807) is 22.2 Å². The molecule has 1 aliphatic heterocycles. The van der Waals surface area contributed by atoms with Crippen molar-refractivity contribution in [3.05, 3.63) is 34.7 Å². The van der Waals surface area contributed by atoms with Crippen LogP contribution in [0.15, 0.2) is 24.0 Å². The molecule has 114 valence electrons. The summed E-state index contributed by atoms with van der Waals surface area (Å²) < 4.78 is 7.66. The Labute approximate surface area is 131 Å². The lowest BCUT2D eigenvalue weighted by atomic mass is 10.2. The minimum absolute atomic E-state index is 0.00515. The third-order valence-electron chi connectivity index (χ3n) is 3.77. The molecule has 4 heterocycles. The molecule has 1 saturated heterocycles. The fourth-order valence-corrected chi connectivity index (χ4v) is 3.33. The third-order valence-corrected chi connectivity index (χ3v) is 4.63. The summed E-state index contributed by atoms with van der Waals surface area (Å²) in [6.45, 7) is 4.35. The van der Waals surface area contributed by atoms with Gasteiger partial charge in [-0.1, -0.05) is 6.92 Å². The minimum Gasteiger partial charge on any atom is -0.367 e. The molecule has 0 saturated carbocycles. The van der Waals surface area contributed by atoms with E-state index < -0.39 is 0 Å². The highest BCUT2D eigenvalue weighted by Crippen LogP contribution is 2.27. The van der Waals surface area contributed by atoms with Crippen LogP contribution in [0.5, 0.6) is 0 Å². The predicted molar refractivity (Wildman–Crippen MR) is 83.2 cm³/mol. The Morgan fingerprint density at radius 2 is 2.36 bits per heavy atom. The zero-order valence-electron chi connectivity index (χ0n) is 12.2. The normalized spacial score (nSPS) is 19.0. The zero-order valence-corrected chi connectivity index (χ0v) is 13.0. The van der Waals surface area contributed by atoms with Gasteiger partial charge in [0.05, 0.1) is 13.2 Å². The molecule has 0 aromatic carbocycles. The Bertz CT molecular complexity index is 771. The molecule has 0 radical (unpaired) electrons. The second-order valence-corrected chi connectivity index (χ2v) is 6.03. The molecule has 0 N–H and O–H groups in total. The minimum atomic E-state index is 0.00515. The van der Waals surface area contributed by atoms with Gasteiger partial charge in [0.25, 0.3) is 5.78 Å². The molecule has 1 fully saturated rings. The zero-order chi connectivity index (χ0) is 14.9. The van der Waals surface area contributed by atoms with Crippen LogP contribution in [0.3, 0.4) is 0 Å². The SMILES string of the molecule is CCc1cc(N2CCOC(c3nccs3)C2)n2ncnc2n1. The third kappa shape index (κ3) is 2.34. The number of anilines is 1. The highest BCUT2D eigenvalue weighted by Gasteiger charge is 2.26. The molecule has 7 nitrogen and oxygen atoms in total. The second kappa shape index (κ2) is 5.62. The molecule has 0 bridgehead atoms. The van der Waals surface area contributed by atoms with E-state index in [9.17, 15) is 0 Å². The Kier molecular flexibility index (Phi) is 3.47. The molecule has 1 atom stereocenters. The maximum atomic E-state index is 5.87. The van der Waals surface area contributed by atoms with Gasteiger partial charge in [-0.2, -0.15) is 14.6 Å². The van der Waals surface area contributed by atoms with Crippen molar-refractivity contribution >= 4 is 22.9 Å². The first-order chi connectivity index (χ1) is 10.8. The van der Waals surface area contributed by atoms with Crippen LogP contribution in [0.4, 0.5) is 5.82 Å². The van der Waals surface area contributed by atoms with Crippen molar-refractivity contribution < 1.29 is 4.74 Å². The van der Waals surface area contributed by atoms with Gasteiger partial charge >= 0.3 is 0 Å². The molecule has 4 rings (SSSR count). The number of ether oxygens (including phenoxy) is 1. The molecule has 8 heteroatoms. The van der Waals surface area contributed by atoms with Crippen LogP contribution in [0.25, 0.3) is 5.78 Å². The molecular weight excluding hydrogens is 300 g/mol. The van der Waals surface area contributed by atoms with Gasteiger partial charge < -0.3 is 9.64 Å².